The Balaban J connectivity index is 2.80. The Kier molecular flexibility index (Phi) is 4.88. The summed E-state index contributed by atoms with van der Waals surface area (Å²) in [5.74, 6) is 2.21. The molecule has 1 aromatic rings. The molecule has 0 atom stereocenters. The van der Waals surface area contributed by atoms with Crippen molar-refractivity contribution in [2.24, 2.45) is 0 Å². The maximum atomic E-state index is 5.70. The van der Waals surface area contributed by atoms with Gasteiger partial charge in [-0.05, 0) is 26.3 Å². The third kappa shape index (κ3) is 4.02. The minimum Gasteiger partial charge on any atom is -0.496 e. The number of methoxy groups -OCH3 is 2. The molecule has 0 unspecified atom stereocenters. The smallest absolute Gasteiger partial charge is 0.127 e. The van der Waals surface area contributed by atoms with E-state index in [4.69, 9.17) is 14.2 Å². The van der Waals surface area contributed by atoms with Crippen molar-refractivity contribution in [3.05, 3.63) is 29.3 Å². The molecule has 94 valence electrons. The first-order chi connectivity index (χ1) is 8.06. The van der Waals surface area contributed by atoms with E-state index in [0.717, 1.165) is 17.2 Å². The van der Waals surface area contributed by atoms with Crippen LogP contribution in [0.5, 0.6) is 17.2 Å². The Bertz CT molecular complexity index is 382. The highest BCUT2D eigenvalue weighted by Crippen LogP contribution is 2.27. The second kappa shape index (κ2) is 6.18. The van der Waals surface area contributed by atoms with Gasteiger partial charge in [0.15, 0.2) is 0 Å². The lowest BCUT2D eigenvalue weighted by atomic mass is 10.2. The molecule has 0 saturated carbocycles. The predicted molar refractivity (Wildman–Crippen MR) is 69.1 cm³/mol. The standard InChI is InChI=1S/C14H20O3/c1-10(2)11(3)9-17-14-7-12(15-4)6-13(8-14)16-5/h6-8H,9H2,1-5H3. The Morgan fingerprint density at radius 2 is 1.35 bits per heavy atom. The van der Waals surface area contributed by atoms with Crippen LogP contribution >= 0.6 is 0 Å². The zero-order valence-corrected chi connectivity index (χ0v) is 11.2. The molecular weight excluding hydrogens is 216 g/mol. The van der Waals surface area contributed by atoms with Gasteiger partial charge in [0, 0.05) is 18.2 Å². The second-order valence-electron chi connectivity index (χ2n) is 4.12. The minimum atomic E-state index is 0.582. The Labute approximate surface area is 103 Å². The van der Waals surface area contributed by atoms with Gasteiger partial charge in [0.2, 0.25) is 0 Å². The fourth-order valence-electron chi connectivity index (χ4n) is 1.20. The summed E-state index contributed by atoms with van der Waals surface area (Å²) in [6.07, 6.45) is 0. The molecule has 1 aromatic carbocycles. The minimum absolute atomic E-state index is 0.582. The summed E-state index contributed by atoms with van der Waals surface area (Å²) in [5, 5.41) is 0. The predicted octanol–water partition coefficient (Wildman–Crippen LogP) is 3.44. The summed E-state index contributed by atoms with van der Waals surface area (Å²) in [6.45, 7) is 6.79. The fourth-order valence-corrected chi connectivity index (χ4v) is 1.20. The molecule has 0 spiro atoms. The van der Waals surface area contributed by atoms with E-state index in [9.17, 15) is 0 Å². The van der Waals surface area contributed by atoms with Gasteiger partial charge >= 0.3 is 0 Å². The Hall–Kier alpha value is -1.64. The summed E-state index contributed by atoms with van der Waals surface area (Å²) in [6, 6.07) is 5.52. The highest BCUT2D eigenvalue weighted by atomic mass is 16.5. The number of hydrogen-bond acceptors (Lipinski definition) is 3. The van der Waals surface area contributed by atoms with Gasteiger partial charge in [0.1, 0.15) is 23.9 Å². The monoisotopic (exact) mass is 236 g/mol. The molecule has 0 heterocycles. The van der Waals surface area contributed by atoms with E-state index in [1.54, 1.807) is 14.2 Å². The van der Waals surface area contributed by atoms with Crippen LogP contribution in [0.25, 0.3) is 0 Å². The summed E-state index contributed by atoms with van der Waals surface area (Å²) < 4.78 is 16.1. The highest BCUT2D eigenvalue weighted by Gasteiger charge is 2.03. The van der Waals surface area contributed by atoms with Crippen molar-refractivity contribution in [3.8, 4) is 17.2 Å². The molecule has 0 aromatic heterocycles. The lowest BCUT2D eigenvalue weighted by Gasteiger charge is -2.11. The number of rotatable bonds is 5. The number of hydrogen-bond donors (Lipinski definition) is 0. The van der Waals surface area contributed by atoms with Gasteiger partial charge in [-0.3, -0.25) is 0 Å². The van der Waals surface area contributed by atoms with E-state index in [-0.39, 0.29) is 0 Å². The van der Waals surface area contributed by atoms with Crippen molar-refractivity contribution >= 4 is 0 Å². The van der Waals surface area contributed by atoms with Gasteiger partial charge in [0.25, 0.3) is 0 Å². The lowest BCUT2D eigenvalue weighted by molar-refractivity contribution is 0.339. The van der Waals surface area contributed by atoms with E-state index >= 15 is 0 Å². The van der Waals surface area contributed by atoms with Gasteiger partial charge in [-0.15, -0.1) is 0 Å². The summed E-state index contributed by atoms with van der Waals surface area (Å²) >= 11 is 0. The molecule has 0 aliphatic heterocycles. The van der Waals surface area contributed by atoms with E-state index in [2.05, 4.69) is 20.8 Å². The van der Waals surface area contributed by atoms with Gasteiger partial charge in [-0.25, -0.2) is 0 Å². The molecule has 3 heteroatoms. The van der Waals surface area contributed by atoms with Crippen LogP contribution in [0.1, 0.15) is 20.8 Å². The average Bonchev–Trinajstić information content (AvgIpc) is 2.35. The van der Waals surface area contributed by atoms with Gasteiger partial charge < -0.3 is 14.2 Å². The largest absolute Gasteiger partial charge is 0.496 e. The van der Waals surface area contributed by atoms with E-state index < -0.39 is 0 Å². The number of benzene rings is 1. The third-order valence-corrected chi connectivity index (χ3v) is 2.63. The van der Waals surface area contributed by atoms with Gasteiger partial charge in [-0.1, -0.05) is 5.57 Å². The maximum Gasteiger partial charge on any atom is 0.127 e. The van der Waals surface area contributed by atoms with Gasteiger partial charge in [0.05, 0.1) is 14.2 Å². The third-order valence-electron chi connectivity index (χ3n) is 2.63. The molecule has 0 amide bonds. The highest BCUT2D eigenvalue weighted by molar-refractivity contribution is 5.42. The maximum absolute atomic E-state index is 5.70. The lowest BCUT2D eigenvalue weighted by Crippen LogP contribution is -2.00. The second-order valence-corrected chi connectivity index (χ2v) is 4.12. The van der Waals surface area contributed by atoms with Crippen LogP contribution in [0.3, 0.4) is 0 Å². The topological polar surface area (TPSA) is 27.7 Å². The first kappa shape index (κ1) is 13.4. The molecule has 0 aliphatic rings. The number of allylic oxidation sites excluding steroid dienone is 1. The molecule has 0 saturated heterocycles. The van der Waals surface area contributed by atoms with Gasteiger partial charge in [-0.2, -0.15) is 0 Å². The molecule has 0 bridgehead atoms. The van der Waals surface area contributed by atoms with Crippen LogP contribution in [0.2, 0.25) is 0 Å². The molecule has 0 aliphatic carbocycles. The van der Waals surface area contributed by atoms with E-state index in [1.807, 2.05) is 18.2 Å². The van der Waals surface area contributed by atoms with Crippen molar-refractivity contribution in [2.45, 2.75) is 20.8 Å². The Morgan fingerprint density at radius 1 is 0.882 bits per heavy atom. The Morgan fingerprint density at radius 3 is 1.76 bits per heavy atom. The molecular formula is C14H20O3. The molecule has 3 nitrogen and oxygen atoms in total. The van der Waals surface area contributed by atoms with Crippen LogP contribution in [0.4, 0.5) is 0 Å². The molecule has 0 N–H and O–H groups in total. The van der Waals surface area contributed by atoms with Crippen molar-refractivity contribution in [2.75, 3.05) is 20.8 Å². The van der Waals surface area contributed by atoms with Crippen LogP contribution in [0, 0.1) is 0 Å². The van der Waals surface area contributed by atoms with Crippen molar-refractivity contribution in [1.29, 1.82) is 0 Å². The van der Waals surface area contributed by atoms with Crippen LogP contribution in [-0.2, 0) is 0 Å². The SMILES string of the molecule is COc1cc(OC)cc(OCC(C)=C(C)C)c1. The summed E-state index contributed by atoms with van der Waals surface area (Å²) in [5.41, 5.74) is 2.51. The molecule has 17 heavy (non-hydrogen) atoms. The first-order valence-electron chi connectivity index (χ1n) is 5.55. The first-order valence-corrected chi connectivity index (χ1v) is 5.55. The van der Waals surface area contributed by atoms with Crippen molar-refractivity contribution in [3.63, 3.8) is 0 Å². The average molecular weight is 236 g/mol. The zero-order chi connectivity index (χ0) is 12.8. The van der Waals surface area contributed by atoms with Crippen molar-refractivity contribution in [1.82, 2.24) is 0 Å². The normalized spacial score (nSPS) is 9.71. The summed E-state index contributed by atoms with van der Waals surface area (Å²) in [4.78, 5) is 0. The van der Waals surface area contributed by atoms with Crippen LogP contribution < -0.4 is 14.2 Å². The molecule has 1 rings (SSSR count). The van der Waals surface area contributed by atoms with E-state index in [1.165, 1.54) is 11.1 Å². The zero-order valence-electron chi connectivity index (χ0n) is 11.2. The number of ether oxygens (including phenoxy) is 3. The van der Waals surface area contributed by atoms with Crippen molar-refractivity contribution < 1.29 is 14.2 Å². The molecule has 0 radical (unpaired) electrons. The quantitative estimate of drug-likeness (QED) is 0.733. The summed E-state index contributed by atoms with van der Waals surface area (Å²) in [7, 11) is 3.25. The van der Waals surface area contributed by atoms with Crippen LogP contribution in [-0.4, -0.2) is 20.8 Å². The fraction of sp³-hybridized carbons (Fsp3) is 0.429. The van der Waals surface area contributed by atoms with E-state index in [0.29, 0.717) is 6.61 Å². The van der Waals surface area contributed by atoms with Crippen LogP contribution in [0.15, 0.2) is 29.3 Å². The molecule has 0 fully saturated rings.